The van der Waals surface area contributed by atoms with Crippen molar-refractivity contribution in [2.45, 2.75) is 6.92 Å². The number of hydrogen-bond donors (Lipinski definition) is 1. The van der Waals surface area contributed by atoms with Gasteiger partial charge in [0.05, 0.1) is 0 Å². The Morgan fingerprint density at radius 2 is 1.89 bits per heavy atom. The lowest BCUT2D eigenvalue weighted by Crippen LogP contribution is -2.11. The molecule has 1 amide bonds. The van der Waals surface area contributed by atoms with E-state index >= 15 is 0 Å². The normalized spacial score (nSPS) is 10.9. The molecule has 0 saturated heterocycles. The molecule has 0 bridgehead atoms. The monoisotopic (exact) mass is 396 g/mol. The third-order valence-electron chi connectivity index (χ3n) is 4.15. The molecular formula is C21H14Cl2N2O2. The Labute approximate surface area is 165 Å². The Kier molecular flexibility index (Phi) is 4.60. The maximum atomic E-state index is 12.4. The first-order valence-electron chi connectivity index (χ1n) is 8.23. The van der Waals surface area contributed by atoms with Crippen molar-refractivity contribution in [3.05, 3.63) is 81.8 Å². The van der Waals surface area contributed by atoms with Crippen LogP contribution in [0.15, 0.2) is 65.1 Å². The Hall–Kier alpha value is -2.82. The van der Waals surface area contributed by atoms with Crippen LogP contribution < -0.4 is 5.32 Å². The molecule has 6 heteroatoms. The summed E-state index contributed by atoms with van der Waals surface area (Å²) in [6.07, 6.45) is 0. The van der Waals surface area contributed by atoms with Gasteiger partial charge in [-0.3, -0.25) is 4.79 Å². The van der Waals surface area contributed by atoms with Gasteiger partial charge < -0.3 is 9.73 Å². The quantitative estimate of drug-likeness (QED) is 0.438. The van der Waals surface area contributed by atoms with Gasteiger partial charge in [-0.1, -0.05) is 35.3 Å². The number of carbonyl (C=O) groups is 1. The summed E-state index contributed by atoms with van der Waals surface area (Å²) in [5, 5.41) is 4.01. The number of aromatic nitrogens is 1. The Morgan fingerprint density at radius 3 is 2.67 bits per heavy atom. The molecule has 1 heterocycles. The van der Waals surface area contributed by atoms with E-state index in [0.29, 0.717) is 38.3 Å². The van der Waals surface area contributed by atoms with Crippen molar-refractivity contribution >= 4 is 45.9 Å². The van der Waals surface area contributed by atoms with Gasteiger partial charge in [-0.2, -0.15) is 0 Å². The molecule has 0 fully saturated rings. The molecule has 0 unspecified atom stereocenters. The number of aryl methyl sites for hydroxylation is 1. The fourth-order valence-electron chi connectivity index (χ4n) is 2.69. The van der Waals surface area contributed by atoms with Crippen molar-refractivity contribution in [2.75, 3.05) is 5.32 Å². The van der Waals surface area contributed by atoms with Crippen LogP contribution in [0.5, 0.6) is 0 Å². The molecule has 0 aliphatic carbocycles. The zero-order valence-electron chi connectivity index (χ0n) is 14.3. The molecule has 0 spiro atoms. The first-order chi connectivity index (χ1) is 13.0. The maximum absolute atomic E-state index is 12.4. The van der Waals surface area contributed by atoms with Crippen molar-refractivity contribution in [1.29, 1.82) is 0 Å². The Morgan fingerprint density at radius 1 is 1.04 bits per heavy atom. The zero-order valence-corrected chi connectivity index (χ0v) is 15.8. The van der Waals surface area contributed by atoms with E-state index in [1.165, 1.54) is 0 Å². The van der Waals surface area contributed by atoms with Crippen LogP contribution in [-0.2, 0) is 0 Å². The van der Waals surface area contributed by atoms with Crippen molar-refractivity contribution < 1.29 is 9.21 Å². The number of amides is 1. The summed E-state index contributed by atoms with van der Waals surface area (Å²) in [4.78, 5) is 16.9. The summed E-state index contributed by atoms with van der Waals surface area (Å²) >= 11 is 12.1. The second-order valence-corrected chi connectivity index (χ2v) is 6.97. The summed E-state index contributed by atoms with van der Waals surface area (Å²) in [6.45, 7) is 1.94. The van der Waals surface area contributed by atoms with Crippen molar-refractivity contribution in [2.24, 2.45) is 0 Å². The summed E-state index contributed by atoms with van der Waals surface area (Å²) in [5.41, 5.74) is 4.16. The minimum Gasteiger partial charge on any atom is -0.436 e. The van der Waals surface area contributed by atoms with Gasteiger partial charge in [-0.05, 0) is 61.0 Å². The molecule has 4 rings (SSSR count). The second kappa shape index (κ2) is 7.06. The number of benzene rings is 3. The molecule has 0 aliphatic rings. The van der Waals surface area contributed by atoms with Gasteiger partial charge in [-0.25, -0.2) is 4.98 Å². The predicted molar refractivity (Wildman–Crippen MR) is 109 cm³/mol. The maximum Gasteiger partial charge on any atom is 0.255 e. The molecule has 1 aromatic heterocycles. The smallest absolute Gasteiger partial charge is 0.255 e. The van der Waals surface area contributed by atoms with Gasteiger partial charge in [0.25, 0.3) is 5.91 Å². The minimum absolute atomic E-state index is 0.245. The topological polar surface area (TPSA) is 55.1 Å². The lowest BCUT2D eigenvalue weighted by molar-refractivity contribution is 0.102. The van der Waals surface area contributed by atoms with Crippen molar-refractivity contribution in [3.63, 3.8) is 0 Å². The summed E-state index contributed by atoms with van der Waals surface area (Å²) < 4.78 is 5.81. The van der Waals surface area contributed by atoms with Gasteiger partial charge in [0, 0.05) is 26.9 Å². The highest BCUT2D eigenvalue weighted by Crippen LogP contribution is 2.29. The summed E-state index contributed by atoms with van der Waals surface area (Å²) in [7, 11) is 0. The van der Waals surface area contributed by atoms with Crippen LogP contribution in [0.3, 0.4) is 0 Å². The van der Waals surface area contributed by atoms with Crippen LogP contribution in [0.2, 0.25) is 10.0 Å². The van der Waals surface area contributed by atoms with Crippen LogP contribution in [0, 0.1) is 6.92 Å². The standard InChI is InChI=1S/C21H14Cl2N2O2/c1-12-5-6-14(10-17(12)23)21-25-18-11-16(7-8-19(18)27-21)24-20(26)13-3-2-4-15(22)9-13/h2-11H,1H3,(H,24,26). The number of rotatable bonds is 3. The van der Waals surface area contributed by atoms with Crippen molar-refractivity contribution in [1.82, 2.24) is 4.98 Å². The highest BCUT2D eigenvalue weighted by atomic mass is 35.5. The number of nitrogens with one attached hydrogen (secondary N) is 1. The average Bonchev–Trinajstić information content (AvgIpc) is 3.07. The molecule has 3 aromatic carbocycles. The first-order valence-corrected chi connectivity index (χ1v) is 8.99. The van der Waals surface area contributed by atoms with Gasteiger partial charge in [0.1, 0.15) is 5.52 Å². The number of nitrogens with zero attached hydrogens (tertiary/aromatic N) is 1. The van der Waals surface area contributed by atoms with Crippen LogP contribution >= 0.6 is 23.2 Å². The lowest BCUT2D eigenvalue weighted by Gasteiger charge is -2.05. The van der Waals surface area contributed by atoms with Crippen LogP contribution in [0.25, 0.3) is 22.6 Å². The third kappa shape index (κ3) is 3.68. The second-order valence-electron chi connectivity index (χ2n) is 6.13. The van der Waals surface area contributed by atoms with E-state index in [2.05, 4.69) is 10.3 Å². The Balaban J connectivity index is 1.62. The van der Waals surface area contributed by atoms with E-state index in [-0.39, 0.29) is 5.91 Å². The molecule has 4 aromatic rings. The molecule has 134 valence electrons. The van der Waals surface area contributed by atoms with E-state index in [4.69, 9.17) is 27.6 Å². The van der Waals surface area contributed by atoms with E-state index in [0.717, 1.165) is 11.1 Å². The predicted octanol–water partition coefficient (Wildman–Crippen LogP) is 6.36. The first kappa shape index (κ1) is 17.6. The molecule has 0 atom stereocenters. The minimum atomic E-state index is -0.245. The van der Waals surface area contributed by atoms with Crippen LogP contribution in [-0.4, -0.2) is 10.9 Å². The van der Waals surface area contributed by atoms with Crippen LogP contribution in [0.1, 0.15) is 15.9 Å². The number of oxazole rings is 1. The zero-order chi connectivity index (χ0) is 19.0. The number of carbonyl (C=O) groups excluding carboxylic acids is 1. The summed E-state index contributed by atoms with van der Waals surface area (Å²) in [5.74, 6) is 0.233. The average molecular weight is 397 g/mol. The fourth-order valence-corrected chi connectivity index (χ4v) is 3.06. The third-order valence-corrected chi connectivity index (χ3v) is 4.79. The molecule has 0 saturated carbocycles. The van der Waals surface area contributed by atoms with E-state index in [1.54, 1.807) is 42.5 Å². The molecule has 4 nitrogen and oxygen atoms in total. The lowest BCUT2D eigenvalue weighted by atomic mass is 10.1. The van der Waals surface area contributed by atoms with Crippen LogP contribution in [0.4, 0.5) is 5.69 Å². The van der Waals surface area contributed by atoms with E-state index in [9.17, 15) is 4.79 Å². The number of anilines is 1. The Bertz CT molecular complexity index is 1170. The molecular weight excluding hydrogens is 383 g/mol. The largest absolute Gasteiger partial charge is 0.436 e. The fraction of sp³-hybridized carbons (Fsp3) is 0.0476. The SMILES string of the molecule is Cc1ccc(-c2nc3cc(NC(=O)c4cccc(Cl)c4)ccc3o2)cc1Cl. The van der Waals surface area contributed by atoms with Gasteiger partial charge in [-0.15, -0.1) is 0 Å². The van der Waals surface area contributed by atoms with Crippen molar-refractivity contribution in [3.8, 4) is 11.5 Å². The number of halogens is 2. The molecule has 27 heavy (non-hydrogen) atoms. The molecule has 1 N–H and O–H groups in total. The summed E-state index contributed by atoms with van der Waals surface area (Å²) in [6, 6.07) is 17.7. The number of hydrogen-bond acceptors (Lipinski definition) is 3. The highest BCUT2D eigenvalue weighted by molar-refractivity contribution is 6.31. The van der Waals surface area contributed by atoms with Gasteiger partial charge >= 0.3 is 0 Å². The van der Waals surface area contributed by atoms with Gasteiger partial charge in [0.2, 0.25) is 5.89 Å². The molecule has 0 aliphatic heterocycles. The molecule has 0 radical (unpaired) electrons. The number of fused-ring (bicyclic) bond motifs is 1. The van der Waals surface area contributed by atoms with E-state index in [1.807, 2.05) is 25.1 Å². The highest BCUT2D eigenvalue weighted by Gasteiger charge is 2.12. The van der Waals surface area contributed by atoms with E-state index < -0.39 is 0 Å². The van der Waals surface area contributed by atoms with Gasteiger partial charge in [0.15, 0.2) is 5.58 Å².